The highest BCUT2D eigenvalue weighted by Gasteiger charge is 2.21. The van der Waals surface area contributed by atoms with Crippen LogP contribution >= 0.6 is 11.6 Å². The number of ether oxygens (including phenoxy) is 1. The van der Waals surface area contributed by atoms with Crippen LogP contribution in [0.3, 0.4) is 0 Å². The SMILES string of the molecule is CC(C)(C)c1noc(CCCC(=O)Nc2cc(Cl)ccc2N2CCOCC2)n1. The molecule has 0 spiro atoms. The molecule has 1 saturated heterocycles. The number of carbonyl (C=O) groups is 1. The monoisotopic (exact) mass is 406 g/mol. The molecule has 2 aromatic rings. The van der Waals surface area contributed by atoms with Crippen molar-refractivity contribution in [3.8, 4) is 0 Å². The van der Waals surface area contributed by atoms with Crippen molar-refractivity contribution in [2.75, 3.05) is 36.5 Å². The summed E-state index contributed by atoms with van der Waals surface area (Å²) in [6, 6.07) is 5.57. The van der Waals surface area contributed by atoms with Gasteiger partial charge in [0.15, 0.2) is 5.82 Å². The van der Waals surface area contributed by atoms with Crippen molar-refractivity contribution in [1.82, 2.24) is 10.1 Å². The number of nitrogens with one attached hydrogen (secondary N) is 1. The molecule has 1 aromatic heterocycles. The fraction of sp³-hybridized carbons (Fsp3) is 0.550. The van der Waals surface area contributed by atoms with Gasteiger partial charge in [-0.15, -0.1) is 0 Å². The molecular formula is C20H27ClN4O3. The molecule has 0 atom stereocenters. The molecule has 0 aliphatic carbocycles. The summed E-state index contributed by atoms with van der Waals surface area (Å²) in [6.07, 6.45) is 1.57. The van der Waals surface area contributed by atoms with Gasteiger partial charge in [-0.1, -0.05) is 37.5 Å². The number of carbonyl (C=O) groups excluding carboxylic acids is 1. The first-order valence-electron chi connectivity index (χ1n) is 9.58. The molecule has 1 amide bonds. The van der Waals surface area contributed by atoms with Crippen LogP contribution in [0.15, 0.2) is 22.7 Å². The summed E-state index contributed by atoms with van der Waals surface area (Å²) >= 11 is 6.14. The van der Waals surface area contributed by atoms with E-state index in [-0.39, 0.29) is 11.3 Å². The molecule has 1 aliphatic rings. The van der Waals surface area contributed by atoms with Crippen LogP contribution < -0.4 is 10.2 Å². The first kappa shape index (κ1) is 20.6. The van der Waals surface area contributed by atoms with Gasteiger partial charge < -0.3 is 19.5 Å². The van der Waals surface area contributed by atoms with Crippen molar-refractivity contribution in [1.29, 1.82) is 0 Å². The van der Waals surface area contributed by atoms with E-state index in [1.54, 1.807) is 6.07 Å². The third-order valence-corrected chi connectivity index (χ3v) is 4.75. The Bertz CT molecular complexity index is 810. The number of benzene rings is 1. The standard InChI is InChI=1S/C20H27ClN4O3/c1-20(2,3)19-23-18(28-24-19)6-4-5-17(26)22-15-13-14(21)7-8-16(15)25-9-11-27-12-10-25/h7-8,13H,4-6,9-12H2,1-3H3,(H,22,26). The van der Waals surface area contributed by atoms with Gasteiger partial charge in [-0.2, -0.15) is 4.98 Å². The second-order valence-electron chi connectivity index (χ2n) is 7.92. The van der Waals surface area contributed by atoms with Gasteiger partial charge in [-0.3, -0.25) is 4.79 Å². The van der Waals surface area contributed by atoms with Gasteiger partial charge >= 0.3 is 0 Å². The maximum Gasteiger partial charge on any atom is 0.226 e. The summed E-state index contributed by atoms with van der Waals surface area (Å²) in [5.74, 6) is 1.18. The lowest BCUT2D eigenvalue weighted by atomic mass is 9.96. The molecule has 7 nitrogen and oxygen atoms in total. The molecule has 8 heteroatoms. The minimum absolute atomic E-state index is 0.0627. The Kier molecular flexibility index (Phi) is 6.57. The van der Waals surface area contributed by atoms with Crippen LogP contribution in [0.4, 0.5) is 11.4 Å². The molecule has 0 bridgehead atoms. The van der Waals surface area contributed by atoms with E-state index in [9.17, 15) is 4.79 Å². The van der Waals surface area contributed by atoms with Gasteiger partial charge in [-0.05, 0) is 24.6 Å². The Morgan fingerprint density at radius 1 is 1.29 bits per heavy atom. The normalized spacial score (nSPS) is 14.9. The van der Waals surface area contributed by atoms with E-state index < -0.39 is 0 Å². The van der Waals surface area contributed by atoms with E-state index in [1.807, 2.05) is 32.9 Å². The largest absolute Gasteiger partial charge is 0.378 e. The molecule has 0 saturated carbocycles. The number of aromatic nitrogens is 2. The zero-order valence-electron chi connectivity index (χ0n) is 16.6. The van der Waals surface area contributed by atoms with Gasteiger partial charge in [0.25, 0.3) is 0 Å². The van der Waals surface area contributed by atoms with Crippen molar-refractivity contribution in [2.45, 2.75) is 45.4 Å². The van der Waals surface area contributed by atoms with Crippen LogP contribution in [0.1, 0.15) is 45.3 Å². The van der Waals surface area contributed by atoms with Crippen molar-refractivity contribution in [3.05, 3.63) is 34.9 Å². The van der Waals surface area contributed by atoms with Crippen LogP contribution in [0.25, 0.3) is 0 Å². The molecule has 152 valence electrons. The topological polar surface area (TPSA) is 80.5 Å². The average molecular weight is 407 g/mol. The quantitative estimate of drug-likeness (QED) is 0.785. The predicted molar refractivity (Wildman–Crippen MR) is 109 cm³/mol. The fourth-order valence-corrected chi connectivity index (χ4v) is 3.13. The van der Waals surface area contributed by atoms with E-state index in [2.05, 4.69) is 20.4 Å². The highest BCUT2D eigenvalue weighted by Crippen LogP contribution is 2.30. The summed E-state index contributed by atoms with van der Waals surface area (Å²) < 4.78 is 10.7. The molecule has 28 heavy (non-hydrogen) atoms. The Balaban J connectivity index is 1.56. The van der Waals surface area contributed by atoms with Crippen molar-refractivity contribution >= 4 is 28.9 Å². The molecule has 0 unspecified atom stereocenters. The zero-order chi connectivity index (χ0) is 20.1. The first-order chi connectivity index (χ1) is 13.3. The summed E-state index contributed by atoms with van der Waals surface area (Å²) in [5.41, 5.74) is 1.54. The smallest absolute Gasteiger partial charge is 0.226 e. The van der Waals surface area contributed by atoms with E-state index in [0.29, 0.717) is 49.2 Å². The van der Waals surface area contributed by atoms with Gasteiger partial charge in [0, 0.05) is 36.4 Å². The predicted octanol–water partition coefficient (Wildman–Crippen LogP) is 3.82. The fourth-order valence-electron chi connectivity index (χ4n) is 2.96. The second-order valence-corrected chi connectivity index (χ2v) is 8.36. The summed E-state index contributed by atoms with van der Waals surface area (Å²) in [6.45, 7) is 9.04. The average Bonchev–Trinajstić information content (AvgIpc) is 3.12. The number of aryl methyl sites for hydroxylation is 1. The number of anilines is 2. The Labute approximate surface area is 170 Å². The highest BCUT2D eigenvalue weighted by atomic mass is 35.5. The number of morpholine rings is 1. The van der Waals surface area contributed by atoms with E-state index in [0.717, 1.165) is 24.5 Å². The van der Waals surface area contributed by atoms with Crippen molar-refractivity contribution in [3.63, 3.8) is 0 Å². The zero-order valence-corrected chi connectivity index (χ0v) is 17.4. The second kappa shape index (κ2) is 8.92. The minimum atomic E-state index is -0.151. The maximum atomic E-state index is 12.4. The van der Waals surface area contributed by atoms with Gasteiger partial charge in [0.2, 0.25) is 11.8 Å². The number of halogens is 1. The molecule has 1 fully saturated rings. The third-order valence-electron chi connectivity index (χ3n) is 4.52. The summed E-state index contributed by atoms with van der Waals surface area (Å²) in [7, 11) is 0. The van der Waals surface area contributed by atoms with E-state index in [4.69, 9.17) is 20.9 Å². The highest BCUT2D eigenvalue weighted by molar-refractivity contribution is 6.31. The Morgan fingerprint density at radius 3 is 2.71 bits per heavy atom. The lowest BCUT2D eigenvalue weighted by Crippen LogP contribution is -2.36. The van der Waals surface area contributed by atoms with E-state index >= 15 is 0 Å². The van der Waals surface area contributed by atoms with Crippen LogP contribution in [-0.2, 0) is 21.4 Å². The summed E-state index contributed by atoms with van der Waals surface area (Å²) in [4.78, 5) is 19.0. The number of rotatable bonds is 6. The van der Waals surface area contributed by atoms with Crippen LogP contribution in [0, 0.1) is 0 Å². The lowest BCUT2D eigenvalue weighted by molar-refractivity contribution is -0.116. The van der Waals surface area contributed by atoms with Gasteiger partial charge in [-0.25, -0.2) is 0 Å². The van der Waals surface area contributed by atoms with Crippen molar-refractivity contribution < 1.29 is 14.1 Å². The van der Waals surface area contributed by atoms with Crippen molar-refractivity contribution in [2.24, 2.45) is 0 Å². The molecule has 2 heterocycles. The van der Waals surface area contributed by atoms with E-state index in [1.165, 1.54) is 0 Å². The number of amides is 1. The van der Waals surface area contributed by atoms with Crippen LogP contribution in [0.2, 0.25) is 5.02 Å². The molecule has 1 N–H and O–H groups in total. The molecule has 3 rings (SSSR count). The van der Waals surface area contributed by atoms with Crippen LogP contribution in [-0.4, -0.2) is 42.4 Å². The summed E-state index contributed by atoms with van der Waals surface area (Å²) in [5, 5.41) is 7.59. The number of hydrogen-bond donors (Lipinski definition) is 1. The molecular weight excluding hydrogens is 380 g/mol. The van der Waals surface area contributed by atoms with Crippen LogP contribution in [0.5, 0.6) is 0 Å². The Hall–Kier alpha value is -2.12. The first-order valence-corrected chi connectivity index (χ1v) is 9.96. The number of nitrogens with zero attached hydrogens (tertiary/aromatic N) is 3. The lowest BCUT2D eigenvalue weighted by Gasteiger charge is -2.30. The third kappa shape index (κ3) is 5.45. The Morgan fingerprint density at radius 2 is 2.04 bits per heavy atom. The molecule has 1 aromatic carbocycles. The van der Waals surface area contributed by atoms with Gasteiger partial charge in [0.05, 0.1) is 24.6 Å². The maximum absolute atomic E-state index is 12.4. The molecule has 0 radical (unpaired) electrons. The number of hydrogen-bond acceptors (Lipinski definition) is 6. The van der Waals surface area contributed by atoms with Gasteiger partial charge in [0.1, 0.15) is 0 Å². The minimum Gasteiger partial charge on any atom is -0.378 e. The molecule has 1 aliphatic heterocycles.